The molecule has 0 aliphatic carbocycles. The molecular formula is C26H32N4O3. The highest BCUT2D eigenvalue weighted by Gasteiger charge is 2.20. The third kappa shape index (κ3) is 6.65. The molecule has 2 aromatic carbocycles. The van der Waals surface area contributed by atoms with Gasteiger partial charge in [0.05, 0.1) is 7.11 Å². The first-order chi connectivity index (χ1) is 16.1. The van der Waals surface area contributed by atoms with Crippen molar-refractivity contribution in [2.24, 2.45) is 0 Å². The second-order valence-corrected chi connectivity index (χ2v) is 8.70. The second kappa shape index (κ2) is 11.1. The highest BCUT2D eigenvalue weighted by molar-refractivity contribution is 5.76. The van der Waals surface area contributed by atoms with Gasteiger partial charge in [-0.2, -0.15) is 4.98 Å². The van der Waals surface area contributed by atoms with Gasteiger partial charge in [0, 0.05) is 44.1 Å². The molecule has 0 radical (unpaired) electrons. The van der Waals surface area contributed by atoms with Crippen LogP contribution in [-0.4, -0.2) is 47.2 Å². The maximum Gasteiger partial charge on any atom is 0.226 e. The number of likely N-dealkylation sites (tertiary alicyclic amines) is 1. The molecule has 7 heteroatoms. The average Bonchev–Trinajstić information content (AvgIpc) is 3.29. The molecule has 7 nitrogen and oxygen atoms in total. The summed E-state index contributed by atoms with van der Waals surface area (Å²) in [6, 6.07) is 16.5. The monoisotopic (exact) mass is 448 g/mol. The molecule has 3 aromatic rings. The van der Waals surface area contributed by atoms with Crippen molar-refractivity contribution in [3.05, 3.63) is 65.5 Å². The molecule has 1 aromatic heterocycles. The van der Waals surface area contributed by atoms with Crippen LogP contribution in [-0.2, 0) is 17.8 Å². The van der Waals surface area contributed by atoms with Gasteiger partial charge in [0.1, 0.15) is 5.75 Å². The number of nitrogens with one attached hydrogen (secondary N) is 1. The van der Waals surface area contributed by atoms with Crippen LogP contribution in [0.5, 0.6) is 5.75 Å². The second-order valence-electron chi connectivity index (χ2n) is 8.70. The van der Waals surface area contributed by atoms with Crippen LogP contribution in [0.1, 0.15) is 42.7 Å². The Morgan fingerprint density at radius 3 is 2.70 bits per heavy atom. The summed E-state index contributed by atoms with van der Waals surface area (Å²) in [7, 11) is 1.63. The fourth-order valence-corrected chi connectivity index (χ4v) is 4.22. The molecule has 0 unspecified atom stereocenters. The number of carbonyl (C=O) groups is 1. The summed E-state index contributed by atoms with van der Waals surface area (Å²) in [5, 5.41) is 7.24. The van der Waals surface area contributed by atoms with Crippen molar-refractivity contribution in [2.45, 2.75) is 51.6 Å². The lowest BCUT2D eigenvalue weighted by molar-refractivity contribution is -0.122. The minimum atomic E-state index is 0.0991. The molecule has 1 fully saturated rings. The summed E-state index contributed by atoms with van der Waals surface area (Å²) in [5.41, 5.74) is 3.53. The number of nitrogens with zero attached hydrogens (tertiary/aromatic N) is 3. The number of amides is 1. The van der Waals surface area contributed by atoms with E-state index in [4.69, 9.17) is 9.26 Å². The lowest BCUT2D eigenvalue weighted by atomic mass is 10.0. The van der Waals surface area contributed by atoms with Gasteiger partial charge in [-0.25, -0.2) is 0 Å². The maximum atomic E-state index is 12.4. The largest absolute Gasteiger partial charge is 0.497 e. The first kappa shape index (κ1) is 23.0. The number of hydrogen-bond donors (Lipinski definition) is 1. The van der Waals surface area contributed by atoms with E-state index in [1.807, 2.05) is 24.3 Å². The number of hydrogen-bond acceptors (Lipinski definition) is 6. The summed E-state index contributed by atoms with van der Waals surface area (Å²) in [4.78, 5) is 19.3. The van der Waals surface area contributed by atoms with Crippen molar-refractivity contribution in [3.8, 4) is 17.1 Å². The average molecular weight is 449 g/mol. The maximum absolute atomic E-state index is 12.4. The van der Waals surface area contributed by atoms with Gasteiger partial charge in [-0.05, 0) is 56.0 Å². The molecule has 1 amide bonds. The Kier molecular flexibility index (Phi) is 7.73. The van der Waals surface area contributed by atoms with E-state index in [0.29, 0.717) is 31.0 Å². The van der Waals surface area contributed by atoms with Crippen LogP contribution >= 0.6 is 0 Å². The Morgan fingerprint density at radius 2 is 1.97 bits per heavy atom. The molecule has 4 rings (SSSR count). The molecule has 2 heterocycles. The Balaban J connectivity index is 1.15. The molecule has 0 spiro atoms. The quantitative estimate of drug-likeness (QED) is 0.530. The van der Waals surface area contributed by atoms with Crippen LogP contribution in [0.4, 0.5) is 0 Å². The zero-order valence-electron chi connectivity index (χ0n) is 19.4. The predicted octanol–water partition coefficient (Wildman–Crippen LogP) is 4.16. The number of carbonyl (C=O) groups excluding carboxylic acids is 1. The van der Waals surface area contributed by atoms with Gasteiger partial charge in [-0.3, -0.25) is 9.69 Å². The summed E-state index contributed by atoms with van der Waals surface area (Å²) in [6.45, 7) is 5.12. The Hall–Kier alpha value is -3.19. The number of benzene rings is 2. The van der Waals surface area contributed by atoms with Crippen molar-refractivity contribution >= 4 is 5.91 Å². The van der Waals surface area contributed by atoms with Gasteiger partial charge in [0.2, 0.25) is 17.6 Å². The van der Waals surface area contributed by atoms with Gasteiger partial charge < -0.3 is 14.6 Å². The van der Waals surface area contributed by atoms with E-state index in [2.05, 4.69) is 51.5 Å². The summed E-state index contributed by atoms with van der Waals surface area (Å²) in [5.74, 6) is 1.99. The standard InChI is InChI=1S/C26H32N4O3/c1-19-5-3-6-20(17-19)18-30-15-13-22(14-16-30)27-24(31)7-4-8-25-28-26(29-33-25)21-9-11-23(32-2)12-10-21/h3,5-6,9-12,17,22H,4,7-8,13-16,18H2,1-2H3,(H,27,31). The topological polar surface area (TPSA) is 80.5 Å². The van der Waals surface area contributed by atoms with E-state index in [1.165, 1.54) is 11.1 Å². The fourth-order valence-electron chi connectivity index (χ4n) is 4.22. The van der Waals surface area contributed by atoms with Crippen LogP contribution in [0.25, 0.3) is 11.4 Å². The third-order valence-electron chi connectivity index (χ3n) is 6.05. The SMILES string of the molecule is COc1ccc(-c2noc(CCCC(=O)NC3CCN(Cc4cccc(C)c4)CC3)n2)cc1. The van der Waals surface area contributed by atoms with E-state index >= 15 is 0 Å². The van der Waals surface area contributed by atoms with Crippen LogP contribution in [0, 0.1) is 6.92 Å². The van der Waals surface area contributed by atoms with Crippen LogP contribution in [0.2, 0.25) is 0 Å². The third-order valence-corrected chi connectivity index (χ3v) is 6.05. The zero-order chi connectivity index (χ0) is 23.0. The van der Waals surface area contributed by atoms with Crippen molar-refractivity contribution < 1.29 is 14.1 Å². The summed E-state index contributed by atoms with van der Waals surface area (Å²) >= 11 is 0. The number of methoxy groups -OCH3 is 1. The van der Waals surface area contributed by atoms with Crippen molar-refractivity contribution in [2.75, 3.05) is 20.2 Å². The van der Waals surface area contributed by atoms with E-state index in [1.54, 1.807) is 7.11 Å². The van der Waals surface area contributed by atoms with E-state index < -0.39 is 0 Å². The number of aryl methyl sites for hydroxylation is 2. The molecule has 1 saturated heterocycles. The molecule has 174 valence electrons. The Bertz CT molecular complexity index is 1040. The molecular weight excluding hydrogens is 416 g/mol. The smallest absolute Gasteiger partial charge is 0.226 e. The lowest BCUT2D eigenvalue weighted by Crippen LogP contribution is -2.44. The zero-order valence-corrected chi connectivity index (χ0v) is 19.4. The molecule has 33 heavy (non-hydrogen) atoms. The lowest BCUT2D eigenvalue weighted by Gasteiger charge is -2.32. The van der Waals surface area contributed by atoms with Crippen LogP contribution in [0.15, 0.2) is 53.1 Å². The van der Waals surface area contributed by atoms with E-state index in [-0.39, 0.29) is 11.9 Å². The summed E-state index contributed by atoms with van der Waals surface area (Å²) in [6.07, 6.45) is 3.72. The van der Waals surface area contributed by atoms with E-state index in [0.717, 1.165) is 43.8 Å². The molecule has 1 aliphatic heterocycles. The number of aromatic nitrogens is 2. The highest BCUT2D eigenvalue weighted by atomic mass is 16.5. The van der Waals surface area contributed by atoms with Gasteiger partial charge in [0.15, 0.2) is 0 Å². The fraction of sp³-hybridized carbons (Fsp3) is 0.423. The molecule has 0 atom stereocenters. The minimum Gasteiger partial charge on any atom is -0.497 e. The predicted molar refractivity (Wildman–Crippen MR) is 127 cm³/mol. The van der Waals surface area contributed by atoms with Crippen LogP contribution < -0.4 is 10.1 Å². The van der Waals surface area contributed by atoms with Crippen molar-refractivity contribution in [1.29, 1.82) is 0 Å². The molecule has 1 N–H and O–H groups in total. The molecule has 0 saturated carbocycles. The molecule has 1 aliphatic rings. The van der Waals surface area contributed by atoms with Crippen molar-refractivity contribution in [3.63, 3.8) is 0 Å². The van der Waals surface area contributed by atoms with Gasteiger partial charge in [-0.15, -0.1) is 0 Å². The Morgan fingerprint density at radius 1 is 1.18 bits per heavy atom. The van der Waals surface area contributed by atoms with Gasteiger partial charge in [-0.1, -0.05) is 35.0 Å². The number of ether oxygens (including phenoxy) is 1. The van der Waals surface area contributed by atoms with Gasteiger partial charge in [0.25, 0.3) is 0 Å². The first-order valence-electron chi connectivity index (χ1n) is 11.6. The van der Waals surface area contributed by atoms with Crippen molar-refractivity contribution in [1.82, 2.24) is 20.4 Å². The molecule has 0 bridgehead atoms. The normalized spacial score (nSPS) is 14.8. The van der Waals surface area contributed by atoms with E-state index in [9.17, 15) is 4.79 Å². The highest BCUT2D eigenvalue weighted by Crippen LogP contribution is 2.20. The number of piperidine rings is 1. The first-order valence-corrected chi connectivity index (χ1v) is 11.6. The minimum absolute atomic E-state index is 0.0991. The summed E-state index contributed by atoms with van der Waals surface area (Å²) < 4.78 is 10.5. The number of rotatable bonds is 9. The van der Waals surface area contributed by atoms with Gasteiger partial charge >= 0.3 is 0 Å². The Labute approximate surface area is 195 Å². The van der Waals surface area contributed by atoms with Crippen LogP contribution in [0.3, 0.4) is 0 Å².